The molecular weight excluding hydrogens is 442 g/mol. The third-order valence-corrected chi connectivity index (χ3v) is 5.63. The number of amides is 1. The number of hydrogen-bond acceptors (Lipinski definition) is 1. The summed E-state index contributed by atoms with van der Waals surface area (Å²) < 4.78 is 2.04. The molecule has 0 aromatic heterocycles. The van der Waals surface area contributed by atoms with Gasteiger partial charge in [-0.15, -0.1) is 0 Å². The fourth-order valence-electron chi connectivity index (χ4n) is 3.37. The van der Waals surface area contributed by atoms with Gasteiger partial charge in [0.2, 0.25) is 5.91 Å². The molecule has 4 heteroatoms. The fraction of sp³-hybridized carbons (Fsp3) is 0.0952. The zero-order valence-corrected chi connectivity index (χ0v) is 16.4. The van der Waals surface area contributed by atoms with Crippen molar-refractivity contribution in [3.63, 3.8) is 0 Å². The summed E-state index contributed by atoms with van der Waals surface area (Å²) in [5.41, 5.74) is 3.13. The van der Waals surface area contributed by atoms with Crippen LogP contribution < -0.4 is 4.90 Å². The van der Waals surface area contributed by atoms with Gasteiger partial charge in [0.25, 0.3) is 0 Å². The van der Waals surface area contributed by atoms with Gasteiger partial charge in [-0.3, -0.25) is 4.79 Å². The number of nitrogens with zero attached hydrogens (tertiary/aromatic N) is 1. The number of β-lactam (4-membered cyclic amide) rings is 1. The van der Waals surface area contributed by atoms with Gasteiger partial charge in [-0.2, -0.15) is 0 Å². The molecule has 1 amide bonds. The molecule has 0 N–H and O–H groups in total. The van der Waals surface area contributed by atoms with E-state index in [9.17, 15) is 4.79 Å². The molecule has 0 radical (unpaired) electrons. The minimum Gasteiger partial charge on any atom is -0.303 e. The summed E-state index contributed by atoms with van der Waals surface area (Å²) in [6.45, 7) is 0. The Morgan fingerprint density at radius 1 is 0.680 bits per heavy atom. The van der Waals surface area contributed by atoms with Crippen molar-refractivity contribution in [2.75, 3.05) is 4.90 Å². The van der Waals surface area contributed by atoms with Crippen molar-refractivity contribution < 1.29 is 4.79 Å². The van der Waals surface area contributed by atoms with Crippen LogP contribution in [0.5, 0.6) is 0 Å². The van der Waals surface area contributed by atoms with Crippen LogP contribution in [0.25, 0.3) is 0 Å². The zero-order valence-electron chi connectivity index (χ0n) is 13.3. The monoisotopic (exact) mass is 455 g/mol. The number of anilines is 1. The van der Waals surface area contributed by atoms with Crippen molar-refractivity contribution >= 4 is 43.5 Å². The molecule has 2 unspecified atom stereocenters. The van der Waals surface area contributed by atoms with E-state index in [0.717, 1.165) is 25.8 Å². The maximum absolute atomic E-state index is 13.0. The summed E-state index contributed by atoms with van der Waals surface area (Å²) >= 11 is 6.95. The molecule has 2 atom stereocenters. The third-order valence-electron chi connectivity index (χ3n) is 4.57. The molecule has 1 saturated heterocycles. The standard InChI is InChI=1S/C21H15Br2NO/c22-16-8-6-15(7-9-16)20-19(14-4-2-1-3-5-14)21(25)24(20)18-12-10-17(23)11-13-18/h1-13,19-20H. The molecule has 1 fully saturated rings. The molecule has 2 nitrogen and oxygen atoms in total. The number of benzene rings is 3. The highest BCUT2D eigenvalue weighted by molar-refractivity contribution is 9.10. The third kappa shape index (κ3) is 3.05. The van der Waals surface area contributed by atoms with E-state index < -0.39 is 0 Å². The Morgan fingerprint density at radius 2 is 1.24 bits per heavy atom. The molecule has 124 valence electrons. The van der Waals surface area contributed by atoms with Crippen molar-refractivity contribution in [2.45, 2.75) is 12.0 Å². The fourth-order valence-corrected chi connectivity index (χ4v) is 3.89. The molecule has 25 heavy (non-hydrogen) atoms. The average molecular weight is 457 g/mol. The van der Waals surface area contributed by atoms with Gasteiger partial charge in [0.1, 0.15) is 0 Å². The van der Waals surface area contributed by atoms with E-state index in [1.54, 1.807) is 0 Å². The van der Waals surface area contributed by atoms with Crippen LogP contribution in [0.2, 0.25) is 0 Å². The molecule has 0 aliphatic carbocycles. The Hall–Kier alpha value is -1.91. The number of hydrogen-bond donors (Lipinski definition) is 0. The topological polar surface area (TPSA) is 20.3 Å². The molecule has 0 bridgehead atoms. The molecule has 0 saturated carbocycles. The normalized spacial score (nSPS) is 19.6. The van der Waals surface area contributed by atoms with Crippen molar-refractivity contribution in [2.24, 2.45) is 0 Å². The Morgan fingerprint density at radius 3 is 1.84 bits per heavy atom. The second-order valence-corrected chi connectivity index (χ2v) is 7.90. The Kier molecular flexibility index (Phi) is 4.48. The number of halogens is 2. The van der Waals surface area contributed by atoms with Gasteiger partial charge in [-0.25, -0.2) is 0 Å². The minimum atomic E-state index is -0.147. The molecule has 3 aromatic rings. The molecule has 3 aromatic carbocycles. The van der Waals surface area contributed by atoms with Crippen LogP contribution in [-0.4, -0.2) is 5.91 Å². The van der Waals surface area contributed by atoms with E-state index >= 15 is 0 Å². The van der Waals surface area contributed by atoms with Crippen molar-refractivity contribution in [1.82, 2.24) is 0 Å². The Balaban J connectivity index is 1.77. The number of carbonyl (C=O) groups is 1. The lowest BCUT2D eigenvalue weighted by molar-refractivity contribution is -0.126. The van der Waals surface area contributed by atoms with E-state index in [1.807, 2.05) is 71.6 Å². The molecule has 0 spiro atoms. The summed E-state index contributed by atoms with van der Waals surface area (Å²) in [5.74, 6) is -0.00698. The first-order chi connectivity index (χ1) is 12.1. The van der Waals surface area contributed by atoms with Gasteiger partial charge >= 0.3 is 0 Å². The summed E-state index contributed by atoms with van der Waals surface area (Å²) in [6, 6.07) is 26.2. The van der Waals surface area contributed by atoms with Gasteiger partial charge in [-0.05, 0) is 47.5 Å². The molecule has 1 aliphatic heterocycles. The first kappa shape index (κ1) is 16.6. The van der Waals surface area contributed by atoms with Gasteiger partial charge in [0, 0.05) is 14.6 Å². The Bertz CT molecular complexity index is 891. The van der Waals surface area contributed by atoms with Crippen molar-refractivity contribution in [3.05, 3.63) is 98.9 Å². The van der Waals surface area contributed by atoms with Crippen LogP contribution in [0, 0.1) is 0 Å². The summed E-state index contributed by atoms with van der Waals surface area (Å²) in [6.07, 6.45) is 0. The maximum Gasteiger partial charge on any atom is 0.237 e. The zero-order chi connectivity index (χ0) is 17.4. The van der Waals surface area contributed by atoms with Crippen LogP contribution in [0.15, 0.2) is 87.8 Å². The van der Waals surface area contributed by atoms with Crippen LogP contribution in [0.4, 0.5) is 5.69 Å². The smallest absolute Gasteiger partial charge is 0.237 e. The molecule has 4 rings (SSSR count). The van der Waals surface area contributed by atoms with E-state index in [0.29, 0.717) is 0 Å². The van der Waals surface area contributed by atoms with Gasteiger partial charge in [0.05, 0.1) is 12.0 Å². The Labute approximate surface area is 163 Å². The van der Waals surface area contributed by atoms with Gasteiger partial charge in [0.15, 0.2) is 0 Å². The summed E-state index contributed by atoms with van der Waals surface area (Å²) in [5, 5.41) is 0. The summed E-state index contributed by atoms with van der Waals surface area (Å²) in [7, 11) is 0. The van der Waals surface area contributed by atoms with Crippen molar-refractivity contribution in [3.8, 4) is 0 Å². The minimum absolute atomic E-state index is 0.00387. The van der Waals surface area contributed by atoms with E-state index in [1.165, 1.54) is 0 Å². The van der Waals surface area contributed by atoms with E-state index in [-0.39, 0.29) is 17.9 Å². The number of carbonyl (C=O) groups excluding carboxylic acids is 1. The van der Waals surface area contributed by atoms with Gasteiger partial charge in [-0.1, -0.05) is 74.3 Å². The first-order valence-corrected chi connectivity index (χ1v) is 9.63. The molecule has 1 heterocycles. The predicted molar refractivity (Wildman–Crippen MR) is 108 cm³/mol. The second kappa shape index (κ2) is 6.77. The van der Waals surface area contributed by atoms with Crippen LogP contribution in [-0.2, 0) is 4.79 Å². The van der Waals surface area contributed by atoms with E-state index in [4.69, 9.17) is 0 Å². The largest absolute Gasteiger partial charge is 0.303 e. The summed E-state index contributed by atoms with van der Waals surface area (Å²) in [4.78, 5) is 14.9. The highest BCUT2D eigenvalue weighted by Crippen LogP contribution is 2.49. The quantitative estimate of drug-likeness (QED) is 0.437. The molecular formula is C21H15Br2NO. The second-order valence-electron chi connectivity index (χ2n) is 6.07. The van der Waals surface area contributed by atoms with Crippen LogP contribution >= 0.6 is 31.9 Å². The SMILES string of the molecule is O=C1C(c2ccccc2)C(c2ccc(Br)cc2)N1c1ccc(Br)cc1. The molecule has 1 aliphatic rings. The number of rotatable bonds is 3. The van der Waals surface area contributed by atoms with Gasteiger partial charge < -0.3 is 4.90 Å². The highest BCUT2D eigenvalue weighted by atomic mass is 79.9. The van der Waals surface area contributed by atoms with Crippen molar-refractivity contribution in [1.29, 1.82) is 0 Å². The lowest BCUT2D eigenvalue weighted by Crippen LogP contribution is -2.53. The predicted octanol–water partition coefficient (Wildman–Crippen LogP) is 6.08. The maximum atomic E-state index is 13.0. The lowest BCUT2D eigenvalue weighted by Gasteiger charge is -2.47. The average Bonchev–Trinajstić information content (AvgIpc) is 2.63. The highest BCUT2D eigenvalue weighted by Gasteiger charge is 2.49. The van der Waals surface area contributed by atoms with E-state index in [2.05, 4.69) is 44.0 Å². The van der Waals surface area contributed by atoms with Crippen LogP contribution in [0.1, 0.15) is 23.1 Å². The first-order valence-electron chi connectivity index (χ1n) is 8.04. The van der Waals surface area contributed by atoms with Crippen LogP contribution in [0.3, 0.4) is 0 Å². The lowest BCUT2D eigenvalue weighted by atomic mass is 9.77.